The predicted molar refractivity (Wildman–Crippen MR) is 307 cm³/mol. The molecule has 19 nitrogen and oxygen atoms in total. The Kier molecular flexibility index (Phi) is 27.3. The fourth-order valence-corrected chi connectivity index (χ4v) is 11.4. The topological polar surface area (TPSA) is 268 Å². The number of allylic oxidation sites excluding steroid dienone is 6. The number of nitrogens with zero attached hydrogens (tertiary/aromatic N) is 2. The van der Waals surface area contributed by atoms with Gasteiger partial charge in [-0.1, -0.05) is 84.9 Å². The number of ether oxygens (including phenoxy) is 5. The number of alkyl halides is 3. The summed E-state index contributed by atoms with van der Waals surface area (Å²) in [4.78, 5) is 92.6. The first kappa shape index (κ1) is 71.0. The number of carbonyl (C=O) groups excluding carboxylic acids is 6. The van der Waals surface area contributed by atoms with Crippen LogP contribution in [0.25, 0.3) is 0 Å². The number of aliphatic hydroxyl groups excluding tert-OH is 2. The molecule has 4 N–H and O–H groups in total. The third kappa shape index (κ3) is 19.5. The molecular formula is C62H90F3N3O16. The van der Waals surface area contributed by atoms with E-state index in [2.05, 4.69) is 5.32 Å². The number of Topliss-reactive ketones (excluding diaryl/α,β-unsaturated/α-hetero) is 3. The number of aliphatic hydroxyl groups is 3. The molecule has 1 aliphatic carbocycles. The van der Waals surface area contributed by atoms with Gasteiger partial charge in [0.25, 0.3) is 17.4 Å². The first-order chi connectivity index (χ1) is 39.4. The molecule has 3 aliphatic heterocycles. The SMILES string of the molecule is CC(C)C(=O)Nc1ccc([N+](=O)[O-])c(C(F)(F)F)c1.CO[C@H]1C[C@@H]2CC[C@@H](C)[C@@](O)(O2)C(=O)C(=O)N2CCCC[C@H]2C(=O)O[C@H]([C@H](C)C[C@@H]2CC[C@@H](O)[C@H](OC)C2)CC(=O)[C@H](C)/C=C(\C)[C@@H](O)[C@@H](OC)C(=O)[C@H](C)C[C@H](C)/C=C/C=C/C=C/1C. The van der Waals surface area contributed by atoms with E-state index in [9.17, 15) is 67.4 Å². The van der Waals surface area contributed by atoms with Gasteiger partial charge in [-0.25, -0.2) is 4.79 Å². The van der Waals surface area contributed by atoms with Gasteiger partial charge in [0, 0.05) is 76.1 Å². The number of cyclic esters (lactones) is 1. The summed E-state index contributed by atoms with van der Waals surface area (Å²) in [7, 11) is 4.52. The van der Waals surface area contributed by atoms with E-state index in [1.54, 1.807) is 54.9 Å². The van der Waals surface area contributed by atoms with Crippen molar-refractivity contribution in [2.24, 2.45) is 41.4 Å². The number of carbonyl (C=O) groups is 6. The number of esters is 1. The van der Waals surface area contributed by atoms with Crippen LogP contribution in [0.2, 0.25) is 0 Å². The Morgan fingerprint density at radius 3 is 2.20 bits per heavy atom. The molecule has 2 bridgehead atoms. The summed E-state index contributed by atoms with van der Waals surface area (Å²) in [6, 6.07) is 1.20. The maximum Gasteiger partial charge on any atom is 0.423 e. The predicted octanol–water partition coefficient (Wildman–Crippen LogP) is 9.39. The number of rotatable bonds is 9. The second-order valence-electron chi connectivity index (χ2n) is 23.7. The molecular weight excluding hydrogens is 1100 g/mol. The van der Waals surface area contributed by atoms with Crippen molar-refractivity contribution in [1.82, 2.24) is 4.90 Å². The van der Waals surface area contributed by atoms with Gasteiger partial charge in [-0.05, 0) is 119 Å². The molecule has 2 amide bonds. The van der Waals surface area contributed by atoms with E-state index in [0.717, 1.165) is 24.1 Å². The molecule has 0 spiro atoms. The molecule has 4 aliphatic rings. The average molecular weight is 1190 g/mol. The number of nitro groups is 1. The summed E-state index contributed by atoms with van der Waals surface area (Å²) < 4.78 is 67.4. The lowest BCUT2D eigenvalue weighted by molar-refractivity contribution is -0.388. The van der Waals surface area contributed by atoms with Gasteiger partial charge < -0.3 is 49.2 Å². The molecule has 84 heavy (non-hydrogen) atoms. The number of halogens is 3. The van der Waals surface area contributed by atoms with Crippen LogP contribution in [-0.2, 0) is 58.6 Å². The largest absolute Gasteiger partial charge is 0.460 e. The minimum absolute atomic E-state index is 0.0193. The number of nitro benzene ring substituents is 1. The van der Waals surface area contributed by atoms with Crippen LogP contribution in [0.3, 0.4) is 0 Å². The van der Waals surface area contributed by atoms with E-state index in [1.165, 1.54) is 12.0 Å². The zero-order valence-corrected chi connectivity index (χ0v) is 50.7. The van der Waals surface area contributed by atoms with E-state index < -0.39 is 118 Å². The second kappa shape index (κ2) is 32.3. The minimum atomic E-state index is -4.86. The number of hydrogen-bond donors (Lipinski definition) is 4. The minimum Gasteiger partial charge on any atom is -0.460 e. The number of amides is 2. The fourth-order valence-electron chi connectivity index (χ4n) is 11.4. The van der Waals surface area contributed by atoms with E-state index in [-0.39, 0.29) is 60.5 Å². The van der Waals surface area contributed by atoms with Crippen molar-refractivity contribution in [1.29, 1.82) is 0 Å². The molecule has 15 atom stereocenters. The Morgan fingerprint density at radius 2 is 1.58 bits per heavy atom. The molecule has 0 radical (unpaired) electrons. The molecule has 1 aromatic rings. The summed E-state index contributed by atoms with van der Waals surface area (Å²) in [6.07, 6.45) is 6.32. The van der Waals surface area contributed by atoms with Crippen LogP contribution in [-0.4, -0.2) is 143 Å². The lowest BCUT2D eigenvalue weighted by atomic mass is 9.78. The summed E-state index contributed by atoms with van der Waals surface area (Å²) in [6.45, 7) is 15.9. The monoisotopic (exact) mass is 1190 g/mol. The second-order valence-corrected chi connectivity index (χ2v) is 23.7. The van der Waals surface area contributed by atoms with Crippen LogP contribution < -0.4 is 5.32 Å². The number of anilines is 1. The van der Waals surface area contributed by atoms with E-state index in [4.69, 9.17) is 23.7 Å². The summed E-state index contributed by atoms with van der Waals surface area (Å²) in [5.74, 6) is -8.84. The Bertz CT molecular complexity index is 2570. The van der Waals surface area contributed by atoms with Gasteiger partial charge in [-0.3, -0.25) is 34.1 Å². The fraction of sp³-hybridized carbons (Fsp3) is 0.677. The summed E-state index contributed by atoms with van der Waals surface area (Å²) >= 11 is 0. The van der Waals surface area contributed by atoms with Crippen LogP contribution in [0.4, 0.5) is 24.5 Å². The quantitative estimate of drug-likeness (QED) is 0.0589. The summed E-state index contributed by atoms with van der Waals surface area (Å²) in [5, 5.41) is 46.6. The molecule has 1 saturated carbocycles. The lowest BCUT2D eigenvalue weighted by Gasteiger charge is -2.42. The highest BCUT2D eigenvalue weighted by Gasteiger charge is 2.53. The van der Waals surface area contributed by atoms with Crippen LogP contribution >= 0.6 is 0 Å². The van der Waals surface area contributed by atoms with Gasteiger partial charge in [0.05, 0.1) is 29.3 Å². The van der Waals surface area contributed by atoms with Gasteiger partial charge >= 0.3 is 12.1 Å². The Morgan fingerprint density at radius 1 is 0.893 bits per heavy atom. The van der Waals surface area contributed by atoms with Gasteiger partial charge in [-0.2, -0.15) is 13.2 Å². The van der Waals surface area contributed by atoms with Gasteiger partial charge in [0.1, 0.15) is 35.7 Å². The van der Waals surface area contributed by atoms with Crippen molar-refractivity contribution >= 4 is 46.5 Å². The number of methoxy groups -OCH3 is 3. The van der Waals surface area contributed by atoms with E-state index >= 15 is 0 Å². The maximum atomic E-state index is 14.4. The van der Waals surface area contributed by atoms with Crippen molar-refractivity contribution in [3.63, 3.8) is 0 Å². The Labute approximate surface area is 491 Å². The Balaban J connectivity index is 0.000000674. The van der Waals surface area contributed by atoms with Crippen LogP contribution in [0.1, 0.15) is 145 Å². The molecule has 5 rings (SSSR count). The normalized spacial score (nSPS) is 33.9. The van der Waals surface area contributed by atoms with Crippen molar-refractivity contribution in [2.75, 3.05) is 33.2 Å². The molecule has 3 fully saturated rings. The van der Waals surface area contributed by atoms with Crippen LogP contribution in [0, 0.1) is 51.5 Å². The van der Waals surface area contributed by atoms with Crippen LogP contribution in [0.5, 0.6) is 0 Å². The van der Waals surface area contributed by atoms with Gasteiger partial charge in [0.15, 0.2) is 5.78 Å². The van der Waals surface area contributed by atoms with Crippen molar-refractivity contribution in [2.45, 2.75) is 200 Å². The molecule has 3 heterocycles. The first-order valence-electron chi connectivity index (χ1n) is 29.2. The number of hydrogen-bond acceptors (Lipinski definition) is 16. The van der Waals surface area contributed by atoms with E-state index in [1.807, 2.05) is 58.1 Å². The van der Waals surface area contributed by atoms with Crippen molar-refractivity contribution in [3.8, 4) is 0 Å². The number of ketones is 3. The van der Waals surface area contributed by atoms with Gasteiger partial charge in [0.2, 0.25) is 11.7 Å². The highest BCUT2D eigenvalue weighted by atomic mass is 19.4. The number of fused-ring (bicyclic) bond motifs is 3. The first-order valence-corrected chi connectivity index (χ1v) is 29.2. The smallest absolute Gasteiger partial charge is 0.423 e. The van der Waals surface area contributed by atoms with Gasteiger partial charge in [-0.15, -0.1) is 0 Å². The standard InChI is InChI=1S/C51H79NO13.C11H11F3N2O3/c1-30-16-12-11-13-17-31(2)42(61-8)28-38-21-19-36(7)51(60,65-38)48(57)49(58)52-23-15-14-18-39(52)50(59)64-43(33(4)26-37-20-22-40(53)44(27-37)62-9)29-41(54)32(3)25-35(6)46(56)47(63-10)45(55)34(5)24-30;1-6(2)10(17)15-7-3-4-9(16(18)19)8(5-7)11(12,13)14/h11-13,16-17,25,30,32-34,36-40,42-44,46-47,53,56,60H,14-15,18-24,26-29H2,1-10H3;3-6H,1-2H3,(H,15,17)/b13-11+,16-12+,31-17+,35-25+;/t30-,32-,33-,34-,36-,37+,38+,39+,40-,42+,43+,44-,46-,47+,51-;/m1./s1. The number of nitrogens with one attached hydrogen (secondary N) is 1. The third-order valence-corrected chi connectivity index (χ3v) is 16.8. The lowest BCUT2D eigenvalue weighted by Crippen LogP contribution is -2.61. The third-order valence-electron chi connectivity index (χ3n) is 16.8. The summed E-state index contributed by atoms with van der Waals surface area (Å²) in [5.41, 5.74) is -1.30. The zero-order chi connectivity index (χ0) is 63.0. The molecule has 22 heteroatoms. The highest BCUT2D eigenvalue weighted by molar-refractivity contribution is 6.39. The van der Waals surface area contributed by atoms with Crippen LogP contribution in [0.15, 0.2) is 65.8 Å². The molecule has 1 aromatic carbocycles. The zero-order valence-electron chi connectivity index (χ0n) is 50.7. The molecule has 2 saturated heterocycles. The van der Waals surface area contributed by atoms with Crippen molar-refractivity contribution < 1.29 is 85.9 Å². The number of benzene rings is 1. The number of piperidine rings is 1. The molecule has 0 unspecified atom stereocenters. The molecule has 0 aromatic heterocycles. The average Bonchev–Trinajstić information content (AvgIpc) is 1.86. The van der Waals surface area contributed by atoms with Crippen molar-refractivity contribution in [3.05, 3.63) is 81.5 Å². The highest BCUT2D eigenvalue weighted by Crippen LogP contribution is 2.40. The Hall–Kier alpha value is -5.49. The van der Waals surface area contributed by atoms with E-state index in [0.29, 0.717) is 69.4 Å². The molecule has 470 valence electrons. The maximum absolute atomic E-state index is 14.4.